The summed E-state index contributed by atoms with van der Waals surface area (Å²) in [6.45, 7) is 5.47. The molecule has 0 saturated heterocycles. The van der Waals surface area contributed by atoms with E-state index in [1.54, 1.807) is 6.07 Å². The Balaban J connectivity index is 3.11. The van der Waals surface area contributed by atoms with Crippen LogP contribution in [0, 0.1) is 10.5 Å². The number of aliphatic carboxylic acids is 1. The molecule has 0 aromatic heterocycles. The van der Waals surface area contributed by atoms with Crippen molar-refractivity contribution in [2.75, 3.05) is 6.54 Å². The zero-order chi connectivity index (χ0) is 14.6. The van der Waals surface area contributed by atoms with E-state index < -0.39 is 5.97 Å². The van der Waals surface area contributed by atoms with Gasteiger partial charge in [-0.3, -0.25) is 9.59 Å². The van der Waals surface area contributed by atoms with Gasteiger partial charge in [-0.1, -0.05) is 19.1 Å². The molecule has 0 saturated carbocycles. The van der Waals surface area contributed by atoms with Crippen LogP contribution in [-0.4, -0.2) is 34.5 Å². The van der Waals surface area contributed by atoms with E-state index in [0.29, 0.717) is 5.56 Å². The van der Waals surface area contributed by atoms with Crippen molar-refractivity contribution in [3.8, 4) is 0 Å². The molecule has 0 fully saturated rings. The fraction of sp³-hybridized carbons (Fsp3) is 0.429. The van der Waals surface area contributed by atoms with Crippen LogP contribution in [0.25, 0.3) is 0 Å². The lowest BCUT2D eigenvalue weighted by atomic mass is 10.1. The van der Waals surface area contributed by atoms with Gasteiger partial charge in [0.15, 0.2) is 0 Å². The first-order chi connectivity index (χ1) is 8.88. The number of aryl methyl sites for hydroxylation is 1. The number of carbonyl (C=O) groups excluding carboxylic acids is 1. The number of carbonyl (C=O) groups is 2. The van der Waals surface area contributed by atoms with E-state index in [0.717, 1.165) is 15.6 Å². The van der Waals surface area contributed by atoms with Gasteiger partial charge in [0.2, 0.25) is 0 Å². The van der Waals surface area contributed by atoms with Gasteiger partial charge in [0, 0.05) is 9.61 Å². The molecule has 104 valence electrons. The number of amides is 1. The van der Waals surface area contributed by atoms with E-state index in [1.807, 2.05) is 32.9 Å². The van der Waals surface area contributed by atoms with Gasteiger partial charge in [0.05, 0.1) is 5.56 Å². The zero-order valence-corrected chi connectivity index (χ0v) is 13.5. The monoisotopic (exact) mass is 375 g/mol. The number of hydrogen-bond donors (Lipinski definition) is 1. The van der Waals surface area contributed by atoms with E-state index in [-0.39, 0.29) is 18.5 Å². The van der Waals surface area contributed by atoms with Crippen molar-refractivity contribution >= 4 is 34.5 Å². The van der Waals surface area contributed by atoms with Gasteiger partial charge in [-0.05, 0) is 54.5 Å². The Morgan fingerprint density at radius 3 is 2.58 bits per heavy atom. The number of benzene rings is 1. The lowest BCUT2D eigenvalue weighted by Crippen LogP contribution is -2.42. The SMILES string of the molecule is CCC(C)N(CC(=O)O)C(=O)c1cccc(C)c1I. The third kappa shape index (κ3) is 3.92. The van der Waals surface area contributed by atoms with Gasteiger partial charge in [-0.25, -0.2) is 0 Å². The second-order valence-corrected chi connectivity index (χ2v) is 5.60. The molecule has 1 N–H and O–H groups in total. The van der Waals surface area contributed by atoms with E-state index in [9.17, 15) is 9.59 Å². The van der Waals surface area contributed by atoms with Crippen LogP contribution in [0.3, 0.4) is 0 Å². The van der Waals surface area contributed by atoms with E-state index in [2.05, 4.69) is 22.6 Å². The number of hydrogen-bond acceptors (Lipinski definition) is 2. The van der Waals surface area contributed by atoms with Crippen LogP contribution in [0.5, 0.6) is 0 Å². The molecule has 0 radical (unpaired) electrons. The average molecular weight is 375 g/mol. The summed E-state index contributed by atoms with van der Waals surface area (Å²) in [5.74, 6) is -1.21. The smallest absolute Gasteiger partial charge is 0.323 e. The van der Waals surface area contributed by atoms with Gasteiger partial charge in [0.25, 0.3) is 5.91 Å². The maximum absolute atomic E-state index is 12.5. The summed E-state index contributed by atoms with van der Waals surface area (Å²) in [5.41, 5.74) is 1.59. The molecule has 1 unspecified atom stereocenters. The Hall–Kier alpha value is -1.11. The Morgan fingerprint density at radius 2 is 2.05 bits per heavy atom. The summed E-state index contributed by atoms with van der Waals surface area (Å²) in [7, 11) is 0. The molecule has 0 bridgehead atoms. The van der Waals surface area contributed by atoms with Gasteiger partial charge < -0.3 is 10.0 Å². The van der Waals surface area contributed by atoms with Crippen LogP contribution in [0.4, 0.5) is 0 Å². The van der Waals surface area contributed by atoms with Gasteiger partial charge in [0.1, 0.15) is 6.54 Å². The Bertz CT molecular complexity index is 488. The molecule has 0 aliphatic rings. The van der Waals surface area contributed by atoms with Crippen LogP contribution in [0.1, 0.15) is 36.2 Å². The minimum absolute atomic E-state index is 0.0973. The first kappa shape index (κ1) is 15.9. The summed E-state index contributed by atoms with van der Waals surface area (Å²) in [6.07, 6.45) is 0.724. The van der Waals surface area contributed by atoms with E-state index in [4.69, 9.17) is 5.11 Å². The number of rotatable bonds is 5. The lowest BCUT2D eigenvalue weighted by molar-refractivity contribution is -0.138. The fourth-order valence-electron chi connectivity index (χ4n) is 1.76. The van der Waals surface area contributed by atoms with E-state index >= 15 is 0 Å². The molecule has 0 heterocycles. The van der Waals surface area contributed by atoms with Crippen molar-refractivity contribution in [2.24, 2.45) is 0 Å². The van der Waals surface area contributed by atoms with Crippen molar-refractivity contribution in [3.05, 3.63) is 32.9 Å². The van der Waals surface area contributed by atoms with Crippen molar-refractivity contribution in [3.63, 3.8) is 0 Å². The molecule has 0 spiro atoms. The minimum Gasteiger partial charge on any atom is -0.480 e. The molecule has 1 aromatic rings. The van der Waals surface area contributed by atoms with Crippen LogP contribution in [0.15, 0.2) is 18.2 Å². The standard InChI is InChI=1S/C14H18INO3/c1-4-10(3)16(8-12(17)18)14(19)11-7-5-6-9(2)13(11)15/h5-7,10H,4,8H2,1-3H3,(H,17,18). The summed E-state index contributed by atoms with van der Waals surface area (Å²) in [6, 6.07) is 5.40. The second kappa shape index (κ2) is 6.88. The molecular weight excluding hydrogens is 357 g/mol. The topological polar surface area (TPSA) is 57.6 Å². The van der Waals surface area contributed by atoms with Crippen molar-refractivity contribution in [1.29, 1.82) is 0 Å². The number of carboxylic acids is 1. The predicted molar refractivity (Wildman–Crippen MR) is 82.3 cm³/mol. The summed E-state index contributed by atoms with van der Waals surface area (Å²) >= 11 is 2.13. The number of carboxylic acid groups (broad SMARTS) is 1. The summed E-state index contributed by atoms with van der Waals surface area (Å²) < 4.78 is 0.879. The fourth-order valence-corrected chi connectivity index (χ4v) is 2.35. The quantitative estimate of drug-likeness (QED) is 0.806. The van der Waals surface area contributed by atoms with Crippen LogP contribution in [0.2, 0.25) is 0 Å². The molecule has 4 nitrogen and oxygen atoms in total. The first-order valence-corrected chi connectivity index (χ1v) is 7.24. The highest BCUT2D eigenvalue weighted by Crippen LogP contribution is 2.20. The molecule has 5 heteroatoms. The Labute approximate surface area is 126 Å². The summed E-state index contributed by atoms with van der Waals surface area (Å²) in [4.78, 5) is 24.8. The average Bonchev–Trinajstić information content (AvgIpc) is 2.37. The van der Waals surface area contributed by atoms with Crippen LogP contribution >= 0.6 is 22.6 Å². The van der Waals surface area contributed by atoms with Crippen molar-refractivity contribution < 1.29 is 14.7 Å². The maximum atomic E-state index is 12.5. The molecule has 1 aromatic carbocycles. The first-order valence-electron chi connectivity index (χ1n) is 6.16. The molecule has 1 atom stereocenters. The highest BCUT2D eigenvalue weighted by molar-refractivity contribution is 14.1. The van der Waals surface area contributed by atoms with Crippen molar-refractivity contribution in [1.82, 2.24) is 4.90 Å². The number of halogens is 1. The van der Waals surface area contributed by atoms with Gasteiger partial charge in [-0.15, -0.1) is 0 Å². The molecular formula is C14H18INO3. The zero-order valence-electron chi connectivity index (χ0n) is 11.3. The number of nitrogens with zero attached hydrogens (tertiary/aromatic N) is 1. The Morgan fingerprint density at radius 1 is 1.42 bits per heavy atom. The summed E-state index contributed by atoms with van der Waals surface area (Å²) in [5, 5.41) is 8.95. The minimum atomic E-state index is -0.990. The molecule has 19 heavy (non-hydrogen) atoms. The Kier molecular flexibility index (Phi) is 5.78. The van der Waals surface area contributed by atoms with Crippen LogP contribution in [-0.2, 0) is 4.79 Å². The van der Waals surface area contributed by atoms with Gasteiger partial charge >= 0.3 is 5.97 Å². The molecule has 1 amide bonds. The maximum Gasteiger partial charge on any atom is 0.323 e. The second-order valence-electron chi connectivity index (χ2n) is 4.52. The molecule has 0 aliphatic carbocycles. The largest absolute Gasteiger partial charge is 0.480 e. The van der Waals surface area contributed by atoms with E-state index in [1.165, 1.54) is 4.90 Å². The third-order valence-corrected chi connectivity index (χ3v) is 4.54. The molecule has 1 rings (SSSR count). The predicted octanol–water partition coefficient (Wildman–Crippen LogP) is 2.92. The van der Waals surface area contributed by atoms with Crippen molar-refractivity contribution in [2.45, 2.75) is 33.2 Å². The normalized spacial score (nSPS) is 12.0. The van der Waals surface area contributed by atoms with Crippen LogP contribution < -0.4 is 0 Å². The highest BCUT2D eigenvalue weighted by Gasteiger charge is 2.24. The third-order valence-electron chi connectivity index (χ3n) is 3.11. The lowest BCUT2D eigenvalue weighted by Gasteiger charge is -2.27. The molecule has 0 aliphatic heterocycles. The highest BCUT2D eigenvalue weighted by atomic mass is 127. The van der Waals surface area contributed by atoms with Gasteiger partial charge in [-0.2, -0.15) is 0 Å².